The molecule has 6 heteroatoms. The Balaban J connectivity index is 2.13. The van der Waals surface area contributed by atoms with Gasteiger partial charge in [-0.05, 0) is 42.2 Å². The van der Waals surface area contributed by atoms with Crippen molar-refractivity contribution in [2.45, 2.75) is 33.6 Å². The van der Waals surface area contributed by atoms with Gasteiger partial charge >= 0.3 is 0 Å². The first-order valence-corrected chi connectivity index (χ1v) is 9.01. The van der Waals surface area contributed by atoms with Crippen LogP contribution in [0.4, 0.5) is 14.5 Å². The highest BCUT2D eigenvalue weighted by Gasteiger charge is 2.18. The number of hydrogen-bond acceptors (Lipinski definition) is 2. The van der Waals surface area contributed by atoms with Gasteiger partial charge in [-0.2, -0.15) is 0 Å². The predicted molar refractivity (Wildman–Crippen MR) is 102 cm³/mol. The fraction of sp³-hybridized carbons (Fsp3) is 0.333. The van der Waals surface area contributed by atoms with Gasteiger partial charge in [0.1, 0.15) is 0 Å². The third-order valence-electron chi connectivity index (χ3n) is 4.42. The summed E-state index contributed by atoms with van der Waals surface area (Å²) < 4.78 is 26.3. The maximum atomic E-state index is 13.3. The molecule has 0 aliphatic rings. The number of aryl methyl sites for hydroxylation is 2. The van der Waals surface area contributed by atoms with Crippen LogP contribution in [0.2, 0.25) is 0 Å². The monoisotopic (exact) mass is 374 g/mol. The van der Waals surface area contributed by atoms with Gasteiger partial charge in [0.05, 0.1) is 5.69 Å². The summed E-state index contributed by atoms with van der Waals surface area (Å²) in [5, 5.41) is 2.65. The second-order valence-corrected chi connectivity index (χ2v) is 6.19. The second-order valence-electron chi connectivity index (χ2n) is 6.19. The fourth-order valence-corrected chi connectivity index (χ4v) is 3.01. The molecule has 0 aromatic heterocycles. The summed E-state index contributed by atoms with van der Waals surface area (Å²) in [6, 6.07) is 8.95. The first-order valence-electron chi connectivity index (χ1n) is 9.01. The third kappa shape index (κ3) is 4.90. The van der Waals surface area contributed by atoms with Crippen LogP contribution in [0.1, 0.15) is 42.3 Å². The molecule has 1 N–H and O–H groups in total. The van der Waals surface area contributed by atoms with E-state index in [0.717, 1.165) is 41.8 Å². The van der Waals surface area contributed by atoms with Gasteiger partial charge in [0.2, 0.25) is 5.91 Å². The van der Waals surface area contributed by atoms with Crippen molar-refractivity contribution in [2.24, 2.45) is 0 Å². The predicted octanol–water partition coefficient (Wildman–Crippen LogP) is 3.87. The highest BCUT2D eigenvalue weighted by Crippen LogP contribution is 2.27. The number of nitrogens with one attached hydrogen (secondary N) is 1. The zero-order chi connectivity index (χ0) is 20.0. The molecule has 2 aromatic carbocycles. The standard InChI is InChI=1S/C21H24F2N2O2/c1-4-15-7-6-8-16(5-2)20(15)25(14(3)26)12-11-24-21(27)17-9-10-18(22)19(23)13-17/h6-10,13H,4-5,11-12H2,1-3H3,(H,24,27). The third-order valence-corrected chi connectivity index (χ3v) is 4.42. The van der Waals surface area contributed by atoms with Gasteiger partial charge in [0.15, 0.2) is 11.6 Å². The molecule has 2 rings (SSSR count). The van der Waals surface area contributed by atoms with Crippen LogP contribution >= 0.6 is 0 Å². The van der Waals surface area contributed by atoms with E-state index in [1.54, 1.807) is 4.90 Å². The molecule has 0 atom stereocenters. The molecule has 2 aromatic rings. The van der Waals surface area contributed by atoms with Gasteiger partial charge < -0.3 is 10.2 Å². The molecule has 0 heterocycles. The summed E-state index contributed by atoms with van der Waals surface area (Å²) >= 11 is 0. The summed E-state index contributed by atoms with van der Waals surface area (Å²) in [4.78, 5) is 26.0. The molecule has 0 saturated carbocycles. The highest BCUT2D eigenvalue weighted by molar-refractivity contribution is 5.95. The quantitative estimate of drug-likeness (QED) is 0.800. The molecule has 0 unspecified atom stereocenters. The van der Waals surface area contributed by atoms with Gasteiger partial charge in [0.25, 0.3) is 5.91 Å². The van der Waals surface area contributed by atoms with Crippen molar-refractivity contribution >= 4 is 17.5 Å². The number of anilines is 1. The van der Waals surface area contributed by atoms with Crippen LogP contribution in [0.15, 0.2) is 36.4 Å². The van der Waals surface area contributed by atoms with Crippen molar-refractivity contribution < 1.29 is 18.4 Å². The van der Waals surface area contributed by atoms with E-state index < -0.39 is 17.5 Å². The molecule has 0 radical (unpaired) electrons. The SMILES string of the molecule is CCc1cccc(CC)c1N(CCNC(=O)c1ccc(F)c(F)c1)C(C)=O. The van der Waals surface area contributed by atoms with Crippen LogP contribution in [0.3, 0.4) is 0 Å². The Morgan fingerprint density at radius 2 is 1.63 bits per heavy atom. The first-order chi connectivity index (χ1) is 12.9. The highest BCUT2D eigenvalue weighted by atomic mass is 19.2. The van der Waals surface area contributed by atoms with Crippen molar-refractivity contribution in [3.63, 3.8) is 0 Å². The van der Waals surface area contributed by atoms with Crippen LogP contribution in [-0.4, -0.2) is 24.9 Å². The summed E-state index contributed by atoms with van der Waals surface area (Å²) in [6.45, 7) is 6.03. The Kier molecular flexibility index (Phi) is 7.05. The lowest BCUT2D eigenvalue weighted by Gasteiger charge is -2.26. The normalized spacial score (nSPS) is 10.6. The number of halogens is 2. The van der Waals surface area contributed by atoms with Crippen LogP contribution in [-0.2, 0) is 17.6 Å². The molecule has 144 valence electrons. The topological polar surface area (TPSA) is 49.4 Å². The largest absolute Gasteiger partial charge is 0.350 e. The van der Waals surface area contributed by atoms with E-state index in [0.29, 0.717) is 0 Å². The van der Waals surface area contributed by atoms with Gasteiger partial charge in [-0.3, -0.25) is 9.59 Å². The van der Waals surface area contributed by atoms with Gasteiger partial charge in [-0.25, -0.2) is 8.78 Å². The number of nitrogens with zero attached hydrogens (tertiary/aromatic N) is 1. The van der Waals surface area contributed by atoms with Crippen LogP contribution in [0.5, 0.6) is 0 Å². The second kappa shape index (κ2) is 9.26. The maximum absolute atomic E-state index is 13.3. The van der Waals surface area contributed by atoms with Crippen molar-refractivity contribution in [3.05, 3.63) is 64.7 Å². The Morgan fingerprint density at radius 3 is 2.15 bits per heavy atom. The van der Waals surface area contributed by atoms with E-state index in [2.05, 4.69) is 5.32 Å². The van der Waals surface area contributed by atoms with Crippen LogP contribution in [0.25, 0.3) is 0 Å². The van der Waals surface area contributed by atoms with Gasteiger partial charge in [-0.1, -0.05) is 32.0 Å². The Morgan fingerprint density at radius 1 is 1.00 bits per heavy atom. The molecule has 27 heavy (non-hydrogen) atoms. The average molecular weight is 374 g/mol. The summed E-state index contributed by atoms with van der Waals surface area (Å²) in [5.74, 6) is -2.71. The van der Waals surface area contributed by atoms with Crippen molar-refractivity contribution in [3.8, 4) is 0 Å². The fourth-order valence-electron chi connectivity index (χ4n) is 3.01. The van der Waals surface area contributed by atoms with Gasteiger partial charge in [-0.15, -0.1) is 0 Å². The Labute approximate surface area is 158 Å². The maximum Gasteiger partial charge on any atom is 0.251 e. The first kappa shape index (κ1) is 20.6. The summed E-state index contributed by atoms with van der Waals surface area (Å²) in [7, 11) is 0. The summed E-state index contributed by atoms with van der Waals surface area (Å²) in [5.41, 5.74) is 3.05. The number of para-hydroxylation sites is 1. The molecule has 0 aliphatic heterocycles. The molecular formula is C21H24F2N2O2. The van der Waals surface area contributed by atoms with Crippen molar-refractivity contribution in [1.29, 1.82) is 0 Å². The Hall–Kier alpha value is -2.76. The molecular weight excluding hydrogens is 350 g/mol. The van der Waals surface area contributed by atoms with E-state index in [1.165, 1.54) is 13.0 Å². The number of carbonyl (C=O) groups excluding carboxylic acids is 2. The lowest BCUT2D eigenvalue weighted by Crippen LogP contribution is -2.38. The number of rotatable bonds is 7. The minimum atomic E-state index is -1.07. The number of carbonyl (C=O) groups is 2. The number of hydrogen-bond donors (Lipinski definition) is 1. The van der Waals surface area contributed by atoms with E-state index in [1.807, 2.05) is 32.0 Å². The lowest BCUT2D eigenvalue weighted by molar-refractivity contribution is -0.116. The van der Waals surface area contributed by atoms with E-state index >= 15 is 0 Å². The number of benzene rings is 2. The van der Waals surface area contributed by atoms with Crippen molar-refractivity contribution in [1.82, 2.24) is 5.32 Å². The zero-order valence-corrected chi connectivity index (χ0v) is 15.8. The van der Waals surface area contributed by atoms with E-state index in [9.17, 15) is 18.4 Å². The minimum Gasteiger partial charge on any atom is -0.350 e. The minimum absolute atomic E-state index is 0.0338. The molecule has 4 nitrogen and oxygen atoms in total. The van der Waals surface area contributed by atoms with E-state index in [4.69, 9.17) is 0 Å². The molecule has 0 fully saturated rings. The zero-order valence-electron chi connectivity index (χ0n) is 15.8. The van der Waals surface area contributed by atoms with Crippen LogP contribution < -0.4 is 10.2 Å². The van der Waals surface area contributed by atoms with Crippen molar-refractivity contribution in [2.75, 3.05) is 18.0 Å². The smallest absolute Gasteiger partial charge is 0.251 e. The molecule has 0 aliphatic carbocycles. The molecule has 0 saturated heterocycles. The summed E-state index contributed by atoms with van der Waals surface area (Å²) in [6.07, 6.45) is 1.57. The Bertz CT molecular complexity index is 815. The molecule has 2 amide bonds. The van der Waals surface area contributed by atoms with E-state index in [-0.39, 0.29) is 24.6 Å². The van der Waals surface area contributed by atoms with Gasteiger partial charge in [0, 0.05) is 25.6 Å². The lowest BCUT2D eigenvalue weighted by atomic mass is 10.0. The van der Waals surface area contributed by atoms with Crippen LogP contribution in [0, 0.1) is 11.6 Å². The molecule has 0 spiro atoms. The number of amides is 2. The molecule has 0 bridgehead atoms. The average Bonchev–Trinajstić information content (AvgIpc) is 2.66.